The Labute approximate surface area is 126 Å². The fraction of sp³-hybridized carbons (Fsp3) is 0.438. The van der Waals surface area contributed by atoms with E-state index in [1.165, 1.54) is 6.26 Å². The van der Waals surface area contributed by atoms with Crippen molar-refractivity contribution in [2.75, 3.05) is 6.26 Å². The van der Waals surface area contributed by atoms with E-state index in [9.17, 15) is 9.00 Å². The molecule has 3 rings (SSSR count). The van der Waals surface area contributed by atoms with Crippen LogP contribution in [-0.2, 0) is 24.8 Å². The van der Waals surface area contributed by atoms with Crippen LogP contribution in [0, 0.1) is 6.92 Å². The van der Waals surface area contributed by atoms with Crippen molar-refractivity contribution in [2.24, 2.45) is 0 Å². The lowest BCUT2D eigenvalue weighted by Gasteiger charge is -2.24. The van der Waals surface area contributed by atoms with E-state index in [2.05, 4.69) is 0 Å². The molecule has 1 unspecified atom stereocenters. The Bertz CT molecular complexity index is 641. The second kappa shape index (κ2) is 5.30. The van der Waals surface area contributed by atoms with Gasteiger partial charge in [0.05, 0.1) is 0 Å². The van der Waals surface area contributed by atoms with E-state index in [0.717, 1.165) is 36.8 Å². The highest BCUT2D eigenvalue weighted by molar-refractivity contribution is 7.79. The fourth-order valence-electron chi connectivity index (χ4n) is 3.19. The number of carbonyl (C=O) groups excluding carboxylic acids is 1. The molecule has 0 radical (unpaired) electrons. The van der Waals surface area contributed by atoms with Crippen molar-refractivity contribution in [1.29, 1.82) is 0 Å². The summed E-state index contributed by atoms with van der Waals surface area (Å²) in [6.07, 6.45) is 4.91. The van der Waals surface area contributed by atoms with Crippen molar-refractivity contribution in [2.45, 2.75) is 38.2 Å². The normalized spacial score (nSPS) is 21.7. The first-order chi connectivity index (χ1) is 10.0. The molecule has 1 saturated carbocycles. The standard InChI is InChI=1S/C16H18O4S/c1-11-7-3-4-8-12(11)13-14(20-21(2)18)16(19-15(13)17)9-5-6-10-16/h3-4,7-8H,5-6,9-10H2,1-2H3. The van der Waals surface area contributed by atoms with E-state index < -0.39 is 16.7 Å². The molecule has 4 nitrogen and oxygen atoms in total. The lowest BCUT2D eigenvalue weighted by atomic mass is 9.94. The van der Waals surface area contributed by atoms with E-state index in [1.54, 1.807) is 0 Å². The summed E-state index contributed by atoms with van der Waals surface area (Å²) < 4.78 is 22.8. The summed E-state index contributed by atoms with van der Waals surface area (Å²) in [5.41, 5.74) is 1.50. The van der Waals surface area contributed by atoms with Crippen molar-refractivity contribution in [3.8, 4) is 0 Å². The van der Waals surface area contributed by atoms with E-state index in [-0.39, 0.29) is 5.97 Å². The molecule has 21 heavy (non-hydrogen) atoms. The molecule has 0 amide bonds. The number of ether oxygens (including phenoxy) is 1. The molecule has 5 heteroatoms. The van der Waals surface area contributed by atoms with Gasteiger partial charge in [0.15, 0.2) is 11.4 Å². The maximum Gasteiger partial charge on any atom is 0.343 e. The van der Waals surface area contributed by atoms with Crippen LogP contribution in [0.1, 0.15) is 36.8 Å². The van der Waals surface area contributed by atoms with Crippen LogP contribution in [0.3, 0.4) is 0 Å². The third-order valence-corrected chi connectivity index (χ3v) is 4.56. The molecule has 0 saturated heterocycles. The van der Waals surface area contributed by atoms with Gasteiger partial charge in [0.25, 0.3) is 0 Å². The van der Waals surface area contributed by atoms with Crippen LogP contribution in [-0.4, -0.2) is 22.0 Å². The van der Waals surface area contributed by atoms with Gasteiger partial charge in [-0.2, -0.15) is 0 Å². The van der Waals surface area contributed by atoms with Gasteiger partial charge in [-0.3, -0.25) is 0 Å². The lowest BCUT2D eigenvalue weighted by Crippen LogP contribution is -2.29. The molecule has 0 N–H and O–H groups in total. The highest BCUT2D eigenvalue weighted by atomic mass is 32.2. The summed E-state index contributed by atoms with van der Waals surface area (Å²) in [5, 5.41) is 0. The molecule has 0 aromatic heterocycles. The quantitative estimate of drug-likeness (QED) is 0.806. The second-order valence-electron chi connectivity index (χ2n) is 5.59. The maximum atomic E-state index is 12.4. The molecule has 1 fully saturated rings. The molecular weight excluding hydrogens is 288 g/mol. The van der Waals surface area contributed by atoms with Crippen molar-refractivity contribution >= 4 is 22.6 Å². The van der Waals surface area contributed by atoms with Gasteiger partial charge >= 0.3 is 5.97 Å². The van der Waals surface area contributed by atoms with Gasteiger partial charge in [-0.15, -0.1) is 0 Å². The van der Waals surface area contributed by atoms with Crippen LogP contribution >= 0.6 is 0 Å². The van der Waals surface area contributed by atoms with E-state index in [0.29, 0.717) is 11.3 Å². The Hall–Kier alpha value is -1.62. The summed E-state index contributed by atoms with van der Waals surface area (Å²) >= 11 is -1.48. The number of rotatable bonds is 3. The predicted molar refractivity (Wildman–Crippen MR) is 80.5 cm³/mol. The zero-order valence-electron chi connectivity index (χ0n) is 12.2. The molecule has 1 aliphatic carbocycles. The van der Waals surface area contributed by atoms with Crippen LogP contribution in [0.25, 0.3) is 5.57 Å². The highest BCUT2D eigenvalue weighted by Crippen LogP contribution is 2.48. The third-order valence-electron chi connectivity index (χ3n) is 4.16. The molecular formula is C16H18O4S. The smallest absolute Gasteiger partial charge is 0.343 e. The fourth-order valence-corrected chi connectivity index (χ4v) is 3.66. The Kier molecular flexibility index (Phi) is 3.61. The average molecular weight is 306 g/mol. The van der Waals surface area contributed by atoms with Gasteiger partial charge < -0.3 is 8.92 Å². The third kappa shape index (κ3) is 2.39. The molecule has 1 spiro atoms. The first kappa shape index (κ1) is 14.3. The Morgan fingerprint density at radius 2 is 1.90 bits per heavy atom. The van der Waals surface area contributed by atoms with Crippen LogP contribution in [0.15, 0.2) is 30.0 Å². The molecule has 1 aromatic rings. The van der Waals surface area contributed by atoms with Gasteiger partial charge in [0.2, 0.25) is 11.1 Å². The number of hydrogen-bond donors (Lipinski definition) is 0. The van der Waals surface area contributed by atoms with E-state index >= 15 is 0 Å². The zero-order valence-corrected chi connectivity index (χ0v) is 13.0. The molecule has 1 atom stereocenters. The van der Waals surface area contributed by atoms with Crippen molar-refractivity contribution in [3.05, 3.63) is 41.2 Å². The van der Waals surface area contributed by atoms with Crippen molar-refractivity contribution < 1.29 is 17.9 Å². The minimum absolute atomic E-state index is 0.369. The number of hydrogen-bond acceptors (Lipinski definition) is 4. The van der Waals surface area contributed by atoms with Crippen molar-refractivity contribution in [3.63, 3.8) is 0 Å². The summed E-state index contributed by atoms with van der Waals surface area (Å²) in [6.45, 7) is 1.94. The zero-order chi connectivity index (χ0) is 15.0. The molecule has 0 bridgehead atoms. The Balaban J connectivity index is 2.18. The van der Waals surface area contributed by atoms with Crippen LogP contribution in [0.2, 0.25) is 0 Å². The van der Waals surface area contributed by atoms with Crippen molar-refractivity contribution in [1.82, 2.24) is 0 Å². The highest BCUT2D eigenvalue weighted by Gasteiger charge is 2.52. The van der Waals surface area contributed by atoms with Gasteiger partial charge in [0, 0.05) is 6.26 Å². The first-order valence-corrected chi connectivity index (χ1v) is 8.58. The topological polar surface area (TPSA) is 52.6 Å². The summed E-state index contributed by atoms with van der Waals surface area (Å²) in [5.74, 6) is 0.0896. The minimum atomic E-state index is -1.48. The van der Waals surface area contributed by atoms with Crippen LogP contribution in [0.4, 0.5) is 0 Å². The molecule has 1 aliphatic heterocycles. The summed E-state index contributed by atoms with van der Waals surface area (Å²) in [6, 6.07) is 7.62. The summed E-state index contributed by atoms with van der Waals surface area (Å²) in [7, 11) is 0. The Morgan fingerprint density at radius 3 is 2.52 bits per heavy atom. The molecule has 1 heterocycles. The summed E-state index contributed by atoms with van der Waals surface area (Å²) in [4.78, 5) is 12.4. The molecule has 112 valence electrons. The van der Waals surface area contributed by atoms with Gasteiger partial charge in [0.1, 0.15) is 5.57 Å². The van der Waals surface area contributed by atoms with E-state index in [1.807, 2.05) is 31.2 Å². The lowest BCUT2D eigenvalue weighted by molar-refractivity contribution is -0.145. The first-order valence-electron chi connectivity index (χ1n) is 7.09. The van der Waals surface area contributed by atoms with Crippen LogP contribution < -0.4 is 0 Å². The number of esters is 1. The maximum absolute atomic E-state index is 12.4. The minimum Gasteiger partial charge on any atom is -0.447 e. The predicted octanol–water partition coefficient (Wildman–Crippen LogP) is 2.89. The SMILES string of the molecule is Cc1ccccc1C1=C(OS(C)=O)C2(CCCC2)OC1=O. The van der Waals surface area contributed by atoms with Gasteiger partial charge in [-0.05, 0) is 43.7 Å². The molecule has 1 aromatic carbocycles. The van der Waals surface area contributed by atoms with E-state index in [4.69, 9.17) is 8.92 Å². The Morgan fingerprint density at radius 1 is 1.24 bits per heavy atom. The number of carbonyl (C=O) groups is 1. The molecule has 2 aliphatic rings. The monoisotopic (exact) mass is 306 g/mol. The largest absolute Gasteiger partial charge is 0.447 e. The number of benzene rings is 1. The van der Waals surface area contributed by atoms with Crippen LogP contribution in [0.5, 0.6) is 0 Å². The number of aryl methyl sites for hydroxylation is 1. The van der Waals surface area contributed by atoms with Gasteiger partial charge in [-0.1, -0.05) is 24.3 Å². The second-order valence-corrected chi connectivity index (χ2v) is 6.56. The van der Waals surface area contributed by atoms with Gasteiger partial charge in [-0.25, -0.2) is 9.00 Å². The average Bonchev–Trinajstić information content (AvgIpc) is 2.98.